The Kier molecular flexibility index (Phi) is 3.96. The van der Waals surface area contributed by atoms with Crippen LogP contribution in [0.1, 0.15) is 35.6 Å². The molecule has 114 valence electrons. The fourth-order valence-corrected chi connectivity index (χ4v) is 4.07. The average Bonchev–Trinajstić information content (AvgIpc) is 2.62. The number of hydrogen-bond acceptors (Lipinski definition) is 2. The Morgan fingerprint density at radius 3 is 2.36 bits per heavy atom. The summed E-state index contributed by atoms with van der Waals surface area (Å²) in [6.07, 6.45) is 3.76. The van der Waals surface area contributed by atoms with Gasteiger partial charge in [0.15, 0.2) is 0 Å². The van der Waals surface area contributed by atoms with Crippen molar-refractivity contribution >= 4 is 0 Å². The van der Waals surface area contributed by atoms with E-state index in [4.69, 9.17) is 0 Å². The summed E-state index contributed by atoms with van der Waals surface area (Å²) in [6, 6.07) is 20.8. The van der Waals surface area contributed by atoms with Crippen molar-refractivity contribution in [2.75, 3.05) is 13.1 Å². The number of benzene rings is 2. The number of piperidine rings is 1. The van der Waals surface area contributed by atoms with E-state index in [9.17, 15) is 0 Å². The summed E-state index contributed by atoms with van der Waals surface area (Å²) in [7, 11) is 0. The number of rotatable bonds is 2. The molecule has 0 spiro atoms. The topological polar surface area (TPSA) is 24.1 Å². The van der Waals surface area contributed by atoms with Crippen molar-refractivity contribution in [2.24, 2.45) is 5.92 Å². The summed E-state index contributed by atoms with van der Waals surface area (Å²) < 4.78 is 0. The quantitative estimate of drug-likeness (QED) is 0.887. The Labute approximate surface area is 132 Å². The minimum Gasteiger partial charge on any atom is -0.317 e. The first-order valence-corrected chi connectivity index (χ1v) is 8.51. The van der Waals surface area contributed by atoms with Crippen LogP contribution in [0.25, 0.3) is 0 Å². The van der Waals surface area contributed by atoms with Gasteiger partial charge >= 0.3 is 0 Å². The molecule has 1 saturated heterocycles. The maximum Gasteiger partial charge on any atom is 0.0581 e. The molecule has 2 aliphatic rings. The van der Waals surface area contributed by atoms with Crippen LogP contribution in [-0.2, 0) is 6.42 Å². The minimum atomic E-state index is 0.339. The van der Waals surface area contributed by atoms with Crippen molar-refractivity contribution in [3.8, 4) is 0 Å². The van der Waals surface area contributed by atoms with Gasteiger partial charge in [0.1, 0.15) is 0 Å². The van der Waals surface area contributed by atoms with Gasteiger partial charge in [-0.2, -0.15) is 0 Å². The van der Waals surface area contributed by atoms with Gasteiger partial charge in [-0.15, -0.1) is 0 Å². The predicted molar refractivity (Wildman–Crippen MR) is 90.9 cm³/mol. The van der Waals surface area contributed by atoms with Crippen molar-refractivity contribution in [2.45, 2.75) is 31.3 Å². The second kappa shape index (κ2) is 6.23. The van der Waals surface area contributed by atoms with E-state index in [1.54, 1.807) is 0 Å². The molecule has 2 aromatic rings. The first kappa shape index (κ1) is 14.0. The molecule has 2 aliphatic heterocycles. The maximum absolute atomic E-state index is 3.97. The molecule has 4 rings (SSSR count). The Morgan fingerprint density at radius 1 is 0.818 bits per heavy atom. The Hall–Kier alpha value is -1.64. The average molecular weight is 292 g/mol. The van der Waals surface area contributed by atoms with Crippen molar-refractivity contribution < 1.29 is 0 Å². The van der Waals surface area contributed by atoms with Crippen LogP contribution in [0.4, 0.5) is 0 Å². The Morgan fingerprint density at radius 2 is 1.55 bits per heavy atom. The highest BCUT2D eigenvalue weighted by Gasteiger charge is 2.32. The van der Waals surface area contributed by atoms with Gasteiger partial charge in [-0.3, -0.25) is 0 Å². The molecule has 0 aliphatic carbocycles. The van der Waals surface area contributed by atoms with Gasteiger partial charge < -0.3 is 10.6 Å². The standard InChI is InChI=1S/C20H24N2/c1-2-6-16(7-3-1)20-18-9-5-4-8-17(18)14-19(22-20)15-10-12-21-13-11-15/h1-9,15,19-22H,10-14H2. The molecule has 1 fully saturated rings. The van der Waals surface area contributed by atoms with Gasteiger partial charge in [0.25, 0.3) is 0 Å². The molecule has 2 heteroatoms. The van der Waals surface area contributed by atoms with Crippen LogP contribution in [0, 0.1) is 5.92 Å². The molecule has 2 unspecified atom stereocenters. The normalized spacial score (nSPS) is 25.6. The van der Waals surface area contributed by atoms with Crippen molar-refractivity contribution in [1.29, 1.82) is 0 Å². The molecular weight excluding hydrogens is 268 g/mol. The SMILES string of the molecule is c1ccc(C2NC(C3CCNCC3)Cc3ccccc32)cc1. The lowest BCUT2D eigenvalue weighted by molar-refractivity contribution is 0.257. The van der Waals surface area contributed by atoms with Crippen LogP contribution in [0.5, 0.6) is 0 Å². The second-order valence-electron chi connectivity index (χ2n) is 6.61. The zero-order chi connectivity index (χ0) is 14.8. The summed E-state index contributed by atoms with van der Waals surface area (Å²) in [5, 5.41) is 7.46. The van der Waals surface area contributed by atoms with Crippen LogP contribution in [-0.4, -0.2) is 19.1 Å². The van der Waals surface area contributed by atoms with Crippen molar-refractivity contribution in [3.63, 3.8) is 0 Å². The maximum atomic E-state index is 3.97. The molecule has 2 heterocycles. The molecule has 2 atom stereocenters. The van der Waals surface area contributed by atoms with E-state index in [2.05, 4.69) is 65.2 Å². The van der Waals surface area contributed by atoms with E-state index < -0.39 is 0 Å². The highest BCUT2D eigenvalue weighted by molar-refractivity contribution is 5.40. The Balaban J connectivity index is 1.67. The summed E-state index contributed by atoms with van der Waals surface area (Å²) >= 11 is 0. The fourth-order valence-electron chi connectivity index (χ4n) is 4.07. The highest BCUT2D eigenvalue weighted by Crippen LogP contribution is 2.34. The first-order chi connectivity index (χ1) is 10.9. The van der Waals surface area contributed by atoms with Crippen LogP contribution < -0.4 is 10.6 Å². The first-order valence-electron chi connectivity index (χ1n) is 8.51. The number of hydrogen-bond donors (Lipinski definition) is 2. The highest BCUT2D eigenvalue weighted by atomic mass is 15.0. The monoisotopic (exact) mass is 292 g/mol. The van der Waals surface area contributed by atoms with Crippen molar-refractivity contribution in [1.82, 2.24) is 10.6 Å². The molecule has 2 nitrogen and oxygen atoms in total. The molecule has 22 heavy (non-hydrogen) atoms. The van der Waals surface area contributed by atoms with Crippen LogP contribution in [0.3, 0.4) is 0 Å². The summed E-state index contributed by atoms with van der Waals surface area (Å²) in [5.74, 6) is 0.792. The van der Waals surface area contributed by atoms with Crippen molar-refractivity contribution in [3.05, 3.63) is 71.3 Å². The fraction of sp³-hybridized carbons (Fsp3) is 0.400. The third-order valence-corrected chi connectivity index (χ3v) is 5.27. The number of fused-ring (bicyclic) bond motifs is 1. The van der Waals surface area contributed by atoms with E-state index >= 15 is 0 Å². The zero-order valence-corrected chi connectivity index (χ0v) is 13.0. The summed E-state index contributed by atoms with van der Waals surface area (Å²) in [5.41, 5.74) is 4.37. The molecule has 2 N–H and O–H groups in total. The number of nitrogens with one attached hydrogen (secondary N) is 2. The largest absolute Gasteiger partial charge is 0.317 e. The Bertz CT molecular complexity index is 617. The van der Waals surface area contributed by atoms with Gasteiger partial charge in [-0.25, -0.2) is 0 Å². The lowest BCUT2D eigenvalue weighted by Gasteiger charge is -2.39. The van der Waals surface area contributed by atoms with E-state index in [1.165, 1.54) is 49.0 Å². The molecule has 2 aromatic carbocycles. The van der Waals surface area contributed by atoms with E-state index in [1.807, 2.05) is 0 Å². The summed E-state index contributed by atoms with van der Waals surface area (Å²) in [4.78, 5) is 0. The molecule has 0 radical (unpaired) electrons. The molecule has 0 aromatic heterocycles. The molecule has 0 amide bonds. The second-order valence-corrected chi connectivity index (χ2v) is 6.61. The third-order valence-electron chi connectivity index (χ3n) is 5.27. The minimum absolute atomic E-state index is 0.339. The molecule has 0 saturated carbocycles. The zero-order valence-electron chi connectivity index (χ0n) is 13.0. The van der Waals surface area contributed by atoms with E-state index in [-0.39, 0.29) is 0 Å². The van der Waals surface area contributed by atoms with Gasteiger partial charge in [0.05, 0.1) is 6.04 Å². The van der Waals surface area contributed by atoms with E-state index in [0.717, 1.165) is 5.92 Å². The van der Waals surface area contributed by atoms with Gasteiger partial charge in [-0.1, -0.05) is 54.6 Å². The lowest BCUT2D eigenvalue weighted by Crippen LogP contribution is -2.47. The van der Waals surface area contributed by atoms with Crippen LogP contribution >= 0.6 is 0 Å². The smallest absolute Gasteiger partial charge is 0.0581 e. The molecule has 0 bridgehead atoms. The van der Waals surface area contributed by atoms with Gasteiger partial charge in [0.2, 0.25) is 0 Å². The van der Waals surface area contributed by atoms with Gasteiger partial charge in [-0.05, 0) is 55.0 Å². The van der Waals surface area contributed by atoms with Crippen LogP contribution in [0.15, 0.2) is 54.6 Å². The van der Waals surface area contributed by atoms with Crippen LogP contribution in [0.2, 0.25) is 0 Å². The third kappa shape index (κ3) is 2.69. The summed E-state index contributed by atoms with van der Waals surface area (Å²) in [6.45, 7) is 2.33. The predicted octanol–water partition coefficient (Wildman–Crippen LogP) is 3.29. The molecular formula is C20H24N2. The van der Waals surface area contributed by atoms with E-state index in [0.29, 0.717) is 12.1 Å². The lowest BCUT2D eigenvalue weighted by atomic mass is 9.79. The van der Waals surface area contributed by atoms with Gasteiger partial charge in [0, 0.05) is 6.04 Å².